The van der Waals surface area contributed by atoms with Gasteiger partial charge in [0.1, 0.15) is 11.4 Å². The molecule has 27 heavy (non-hydrogen) atoms. The summed E-state index contributed by atoms with van der Waals surface area (Å²) in [6, 6.07) is 5.36. The first kappa shape index (κ1) is 17.7. The SMILES string of the molecule is N#Cc1ccnc(N2CCN(CN3C(=O)NC4(CCCCC4)C3=O)CC2)c1. The lowest BCUT2D eigenvalue weighted by Crippen LogP contribution is -2.52. The quantitative estimate of drug-likeness (QED) is 0.808. The maximum absolute atomic E-state index is 12.9. The van der Waals surface area contributed by atoms with Crippen molar-refractivity contribution in [3.63, 3.8) is 0 Å². The molecule has 4 rings (SSSR count). The number of aromatic nitrogens is 1. The van der Waals surface area contributed by atoms with Gasteiger partial charge in [0.15, 0.2) is 0 Å². The van der Waals surface area contributed by atoms with Gasteiger partial charge in [-0.15, -0.1) is 0 Å². The highest BCUT2D eigenvalue weighted by Crippen LogP contribution is 2.33. The standard InChI is InChI=1S/C19H24N6O2/c20-13-15-4-7-21-16(12-15)24-10-8-23(9-11-24)14-25-17(26)19(22-18(25)27)5-2-1-3-6-19/h4,7,12H,1-3,5-6,8-11,14H2,(H,22,27). The molecular formula is C19H24N6O2. The van der Waals surface area contributed by atoms with Crippen LogP contribution in [-0.2, 0) is 4.79 Å². The van der Waals surface area contributed by atoms with Gasteiger partial charge in [0.2, 0.25) is 0 Å². The first-order valence-corrected chi connectivity index (χ1v) is 9.59. The summed E-state index contributed by atoms with van der Waals surface area (Å²) < 4.78 is 0. The average molecular weight is 368 g/mol. The van der Waals surface area contributed by atoms with E-state index in [4.69, 9.17) is 5.26 Å². The van der Waals surface area contributed by atoms with E-state index in [0.29, 0.717) is 12.2 Å². The number of rotatable bonds is 3. The number of hydrogen-bond acceptors (Lipinski definition) is 6. The zero-order valence-corrected chi connectivity index (χ0v) is 15.4. The van der Waals surface area contributed by atoms with Crippen molar-refractivity contribution < 1.29 is 9.59 Å². The normalized spacial score (nSPS) is 22.8. The highest BCUT2D eigenvalue weighted by Gasteiger charge is 2.51. The molecule has 2 aliphatic heterocycles. The summed E-state index contributed by atoms with van der Waals surface area (Å²) in [5.74, 6) is 0.739. The van der Waals surface area contributed by atoms with Gasteiger partial charge in [0.05, 0.1) is 18.3 Å². The van der Waals surface area contributed by atoms with E-state index < -0.39 is 5.54 Å². The van der Waals surface area contributed by atoms with Crippen molar-refractivity contribution in [3.05, 3.63) is 23.9 Å². The minimum Gasteiger partial charge on any atom is -0.354 e. The molecule has 1 N–H and O–H groups in total. The topological polar surface area (TPSA) is 92.6 Å². The number of nitrogens with one attached hydrogen (secondary N) is 1. The summed E-state index contributed by atoms with van der Waals surface area (Å²) in [7, 11) is 0. The Balaban J connectivity index is 1.36. The first-order valence-electron chi connectivity index (χ1n) is 9.59. The molecular weight excluding hydrogens is 344 g/mol. The van der Waals surface area contributed by atoms with Crippen LogP contribution in [-0.4, -0.2) is 65.1 Å². The van der Waals surface area contributed by atoms with Gasteiger partial charge in [-0.25, -0.2) is 14.7 Å². The van der Waals surface area contributed by atoms with Crippen LogP contribution in [0.15, 0.2) is 18.3 Å². The van der Waals surface area contributed by atoms with Crippen LogP contribution in [0.25, 0.3) is 0 Å². The van der Waals surface area contributed by atoms with Crippen LogP contribution in [0.1, 0.15) is 37.7 Å². The third-order valence-electron chi connectivity index (χ3n) is 5.87. The Labute approximate surface area is 158 Å². The Kier molecular flexibility index (Phi) is 4.70. The maximum Gasteiger partial charge on any atom is 0.326 e. The number of urea groups is 1. The van der Waals surface area contributed by atoms with Gasteiger partial charge in [-0.05, 0) is 25.0 Å². The summed E-state index contributed by atoms with van der Waals surface area (Å²) in [6.45, 7) is 3.31. The number of piperazine rings is 1. The van der Waals surface area contributed by atoms with Crippen LogP contribution in [0, 0.1) is 11.3 Å². The van der Waals surface area contributed by atoms with Crippen molar-refractivity contribution in [3.8, 4) is 6.07 Å². The summed E-state index contributed by atoms with van der Waals surface area (Å²) in [5.41, 5.74) is -0.0572. The molecule has 0 bridgehead atoms. The van der Waals surface area contributed by atoms with Crippen LogP contribution in [0.2, 0.25) is 0 Å². The molecule has 3 heterocycles. The monoisotopic (exact) mass is 368 g/mol. The molecule has 1 spiro atoms. The summed E-state index contributed by atoms with van der Waals surface area (Å²) >= 11 is 0. The second-order valence-corrected chi connectivity index (χ2v) is 7.57. The van der Waals surface area contributed by atoms with Gasteiger partial charge in [-0.2, -0.15) is 5.26 Å². The highest BCUT2D eigenvalue weighted by atomic mass is 16.2. The Morgan fingerprint density at radius 2 is 1.89 bits per heavy atom. The summed E-state index contributed by atoms with van der Waals surface area (Å²) in [6.07, 6.45) is 6.27. The van der Waals surface area contributed by atoms with Crippen LogP contribution >= 0.6 is 0 Å². The lowest BCUT2D eigenvalue weighted by Gasteiger charge is -2.37. The second kappa shape index (κ2) is 7.16. The number of nitrogens with zero attached hydrogens (tertiary/aromatic N) is 5. The van der Waals surface area contributed by atoms with Crippen molar-refractivity contribution >= 4 is 17.8 Å². The number of pyridine rings is 1. The second-order valence-electron chi connectivity index (χ2n) is 7.57. The molecule has 8 heteroatoms. The highest BCUT2D eigenvalue weighted by molar-refractivity contribution is 6.07. The molecule has 0 unspecified atom stereocenters. The number of carbonyl (C=O) groups excluding carboxylic acids is 2. The van der Waals surface area contributed by atoms with E-state index in [1.54, 1.807) is 18.3 Å². The van der Waals surface area contributed by atoms with Crippen molar-refractivity contribution in [2.75, 3.05) is 37.7 Å². The number of nitriles is 1. The van der Waals surface area contributed by atoms with Crippen LogP contribution in [0.5, 0.6) is 0 Å². The third-order valence-corrected chi connectivity index (χ3v) is 5.87. The molecule has 1 saturated carbocycles. The van der Waals surface area contributed by atoms with Crippen LogP contribution < -0.4 is 10.2 Å². The van der Waals surface area contributed by atoms with Gasteiger partial charge >= 0.3 is 6.03 Å². The van der Waals surface area contributed by atoms with Gasteiger partial charge in [-0.3, -0.25) is 9.69 Å². The molecule has 1 aromatic heterocycles. The van der Waals surface area contributed by atoms with E-state index in [9.17, 15) is 9.59 Å². The summed E-state index contributed by atoms with van der Waals surface area (Å²) in [4.78, 5) is 35.3. The van der Waals surface area contributed by atoms with Crippen molar-refractivity contribution in [1.82, 2.24) is 20.1 Å². The van der Waals surface area contributed by atoms with Crippen molar-refractivity contribution in [2.45, 2.75) is 37.6 Å². The fraction of sp³-hybridized carbons (Fsp3) is 0.579. The van der Waals surface area contributed by atoms with Gasteiger partial charge in [0.25, 0.3) is 5.91 Å². The number of imide groups is 1. The van der Waals surface area contributed by atoms with Gasteiger partial charge in [0, 0.05) is 32.4 Å². The van der Waals surface area contributed by atoms with E-state index >= 15 is 0 Å². The molecule has 8 nitrogen and oxygen atoms in total. The molecule has 142 valence electrons. The van der Waals surface area contributed by atoms with Crippen LogP contribution in [0.3, 0.4) is 0 Å². The largest absolute Gasteiger partial charge is 0.354 e. The zero-order valence-electron chi connectivity index (χ0n) is 15.4. The number of amides is 3. The smallest absolute Gasteiger partial charge is 0.326 e. The van der Waals surface area contributed by atoms with Gasteiger partial charge in [-0.1, -0.05) is 19.3 Å². The fourth-order valence-electron chi connectivity index (χ4n) is 4.28. The molecule has 3 amide bonds. The Hall–Kier alpha value is -2.66. The van der Waals surface area contributed by atoms with Gasteiger partial charge < -0.3 is 10.2 Å². The molecule has 1 aliphatic carbocycles. The number of carbonyl (C=O) groups is 2. The lowest BCUT2D eigenvalue weighted by molar-refractivity contribution is -0.133. The van der Waals surface area contributed by atoms with E-state index in [2.05, 4.69) is 26.2 Å². The van der Waals surface area contributed by atoms with Crippen molar-refractivity contribution in [2.24, 2.45) is 0 Å². The Morgan fingerprint density at radius 3 is 2.59 bits per heavy atom. The van der Waals surface area contributed by atoms with E-state index in [0.717, 1.165) is 64.1 Å². The first-order chi connectivity index (χ1) is 13.1. The van der Waals surface area contributed by atoms with E-state index in [1.165, 1.54) is 4.90 Å². The number of hydrogen-bond donors (Lipinski definition) is 1. The average Bonchev–Trinajstić information content (AvgIpc) is 2.93. The van der Waals surface area contributed by atoms with E-state index in [-0.39, 0.29) is 11.9 Å². The molecule has 3 aliphatic rings. The molecule has 0 radical (unpaired) electrons. The number of anilines is 1. The minimum absolute atomic E-state index is 0.0574. The predicted octanol–water partition coefficient (Wildman–Crippen LogP) is 1.29. The molecule has 1 aromatic rings. The Bertz CT molecular complexity index is 775. The predicted molar refractivity (Wildman–Crippen MR) is 98.8 cm³/mol. The van der Waals surface area contributed by atoms with Crippen molar-refractivity contribution in [1.29, 1.82) is 5.26 Å². The van der Waals surface area contributed by atoms with Crippen LogP contribution in [0.4, 0.5) is 10.6 Å². The molecule has 0 atom stereocenters. The lowest BCUT2D eigenvalue weighted by atomic mass is 9.82. The van der Waals surface area contributed by atoms with E-state index in [1.807, 2.05) is 0 Å². The maximum atomic E-state index is 12.9. The molecule has 3 fully saturated rings. The minimum atomic E-state index is -0.654. The molecule has 0 aromatic carbocycles. The fourth-order valence-corrected chi connectivity index (χ4v) is 4.28. The third kappa shape index (κ3) is 3.35. The Morgan fingerprint density at radius 1 is 1.15 bits per heavy atom. The summed E-state index contributed by atoms with van der Waals surface area (Å²) in [5, 5.41) is 12.0. The molecule has 2 saturated heterocycles. The zero-order chi connectivity index (χ0) is 18.9.